The van der Waals surface area contributed by atoms with Crippen molar-refractivity contribution in [3.05, 3.63) is 34.9 Å². The highest BCUT2D eigenvalue weighted by Gasteiger charge is 2.33. The van der Waals surface area contributed by atoms with Crippen LogP contribution in [0.25, 0.3) is 0 Å². The van der Waals surface area contributed by atoms with Gasteiger partial charge < -0.3 is 15.0 Å². The van der Waals surface area contributed by atoms with Gasteiger partial charge in [-0.05, 0) is 50.7 Å². The molecule has 0 bridgehead atoms. The highest BCUT2D eigenvalue weighted by atomic mass is 35.5. The number of nitrogens with zero attached hydrogens (tertiary/aromatic N) is 2. The summed E-state index contributed by atoms with van der Waals surface area (Å²) >= 11 is 6.16. The normalized spacial score (nSPS) is 24.3. The van der Waals surface area contributed by atoms with Crippen molar-refractivity contribution in [2.75, 3.05) is 32.7 Å². The molecule has 0 saturated carbocycles. The van der Waals surface area contributed by atoms with Crippen LogP contribution in [0, 0.1) is 11.8 Å². The maximum atomic E-state index is 13.2. The lowest BCUT2D eigenvalue weighted by molar-refractivity contribution is -0.136. The molecule has 6 nitrogen and oxygen atoms in total. The molecule has 0 spiro atoms. The number of carbonyl (C=O) groups excluding carboxylic acids is 2. The number of carbonyl (C=O) groups is 2. The smallest absolute Gasteiger partial charge is 0.253 e. The zero-order chi connectivity index (χ0) is 22.5. The van der Waals surface area contributed by atoms with E-state index in [-0.39, 0.29) is 29.9 Å². The third-order valence-corrected chi connectivity index (χ3v) is 6.61. The molecule has 1 aromatic carbocycles. The molecule has 2 heterocycles. The van der Waals surface area contributed by atoms with Crippen LogP contribution in [0.1, 0.15) is 50.9 Å². The number of halogens is 1. The van der Waals surface area contributed by atoms with Crippen LogP contribution >= 0.6 is 11.6 Å². The molecule has 2 aliphatic heterocycles. The van der Waals surface area contributed by atoms with Crippen molar-refractivity contribution in [1.29, 1.82) is 0 Å². The van der Waals surface area contributed by atoms with Gasteiger partial charge in [0.05, 0.1) is 22.8 Å². The minimum atomic E-state index is -0.554. The Balaban J connectivity index is 1.54. The standard InChI is InChI=1S/C24H36ClN3O3/c1-16(2)22(26-23(29)20-7-5-6-8-21(20)25)24(30)28-11-9-19(10-12-28)15-27-13-17(3)31-18(4)14-27/h5-8,16-19,22H,9-15H2,1-4H3,(H,26,29)/t17-,18-,22-/m1/s1. The monoisotopic (exact) mass is 449 g/mol. The van der Waals surface area contributed by atoms with Crippen LogP contribution in [0.4, 0.5) is 0 Å². The van der Waals surface area contributed by atoms with Gasteiger partial charge in [-0.2, -0.15) is 0 Å². The maximum absolute atomic E-state index is 13.2. The Bertz CT molecular complexity index is 754. The van der Waals surface area contributed by atoms with E-state index in [0.717, 1.165) is 45.6 Å². The van der Waals surface area contributed by atoms with Gasteiger partial charge >= 0.3 is 0 Å². The van der Waals surface area contributed by atoms with E-state index >= 15 is 0 Å². The fraction of sp³-hybridized carbons (Fsp3) is 0.667. The molecule has 0 radical (unpaired) electrons. The largest absolute Gasteiger partial charge is 0.373 e. The molecule has 31 heavy (non-hydrogen) atoms. The number of hydrogen-bond acceptors (Lipinski definition) is 4. The Kier molecular flexibility index (Phi) is 8.36. The topological polar surface area (TPSA) is 61.9 Å². The fourth-order valence-corrected chi connectivity index (χ4v) is 4.93. The lowest BCUT2D eigenvalue weighted by atomic mass is 9.94. The molecule has 2 amide bonds. The number of benzene rings is 1. The first-order valence-corrected chi connectivity index (χ1v) is 11.8. The Labute approximate surface area is 191 Å². The van der Waals surface area contributed by atoms with E-state index in [1.807, 2.05) is 18.7 Å². The summed E-state index contributed by atoms with van der Waals surface area (Å²) in [6.45, 7) is 12.7. The molecular formula is C24H36ClN3O3. The Morgan fingerprint density at radius 2 is 1.74 bits per heavy atom. The molecule has 3 atom stereocenters. The molecule has 7 heteroatoms. The molecule has 1 aromatic rings. The van der Waals surface area contributed by atoms with E-state index in [9.17, 15) is 9.59 Å². The van der Waals surface area contributed by atoms with Gasteiger partial charge in [0.1, 0.15) is 6.04 Å². The lowest BCUT2D eigenvalue weighted by Crippen LogP contribution is -2.54. The van der Waals surface area contributed by atoms with E-state index in [1.54, 1.807) is 24.3 Å². The number of nitrogens with one attached hydrogen (secondary N) is 1. The molecule has 2 saturated heterocycles. The summed E-state index contributed by atoms with van der Waals surface area (Å²) in [5, 5.41) is 3.31. The van der Waals surface area contributed by atoms with E-state index < -0.39 is 6.04 Å². The molecule has 0 aliphatic carbocycles. The summed E-state index contributed by atoms with van der Waals surface area (Å²) in [6.07, 6.45) is 2.54. The van der Waals surface area contributed by atoms with Crippen LogP contribution < -0.4 is 5.32 Å². The third-order valence-electron chi connectivity index (χ3n) is 6.28. The highest BCUT2D eigenvalue weighted by molar-refractivity contribution is 6.33. The highest BCUT2D eigenvalue weighted by Crippen LogP contribution is 2.23. The van der Waals surface area contributed by atoms with Gasteiger partial charge in [-0.3, -0.25) is 14.5 Å². The summed E-state index contributed by atoms with van der Waals surface area (Å²) in [5.74, 6) is 0.287. The summed E-state index contributed by atoms with van der Waals surface area (Å²) in [7, 11) is 0. The van der Waals surface area contributed by atoms with Crippen LogP contribution in [0.5, 0.6) is 0 Å². The summed E-state index contributed by atoms with van der Waals surface area (Å²) in [6, 6.07) is 6.36. The van der Waals surface area contributed by atoms with Crippen molar-refractivity contribution >= 4 is 23.4 Å². The molecule has 2 fully saturated rings. The van der Waals surface area contributed by atoms with Crippen LogP contribution in [0.3, 0.4) is 0 Å². The first-order chi connectivity index (χ1) is 14.7. The molecule has 0 aromatic heterocycles. The van der Waals surface area contributed by atoms with Crippen molar-refractivity contribution in [3.8, 4) is 0 Å². The Hall–Kier alpha value is -1.63. The van der Waals surface area contributed by atoms with Crippen LogP contribution in [0.2, 0.25) is 5.02 Å². The van der Waals surface area contributed by atoms with Gasteiger partial charge in [0, 0.05) is 32.7 Å². The minimum absolute atomic E-state index is 0.00229. The summed E-state index contributed by atoms with van der Waals surface area (Å²) in [4.78, 5) is 30.4. The molecular weight excluding hydrogens is 414 g/mol. The van der Waals surface area contributed by atoms with Crippen molar-refractivity contribution < 1.29 is 14.3 Å². The predicted octanol–water partition coefficient (Wildman–Crippen LogP) is 3.44. The first-order valence-electron chi connectivity index (χ1n) is 11.5. The van der Waals surface area contributed by atoms with Gasteiger partial charge in [-0.1, -0.05) is 37.6 Å². The Morgan fingerprint density at radius 3 is 2.32 bits per heavy atom. The quantitative estimate of drug-likeness (QED) is 0.722. The number of amides is 2. The maximum Gasteiger partial charge on any atom is 0.253 e. The first kappa shape index (κ1) is 24.0. The van der Waals surface area contributed by atoms with Crippen LogP contribution in [-0.4, -0.2) is 72.6 Å². The van der Waals surface area contributed by atoms with Crippen molar-refractivity contribution in [1.82, 2.24) is 15.1 Å². The minimum Gasteiger partial charge on any atom is -0.373 e. The summed E-state index contributed by atoms with van der Waals surface area (Å²) < 4.78 is 5.84. The van der Waals surface area contributed by atoms with E-state index in [0.29, 0.717) is 16.5 Å². The second kappa shape index (κ2) is 10.8. The average molecular weight is 450 g/mol. The van der Waals surface area contributed by atoms with Crippen molar-refractivity contribution in [2.24, 2.45) is 11.8 Å². The second-order valence-electron chi connectivity index (χ2n) is 9.42. The fourth-order valence-electron chi connectivity index (χ4n) is 4.71. The van der Waals surface area contributed by atoms with Gasteiger partial charge in [-0.15, -0.1) is 0 Å². The van der Waals surface area contributed by atoms with E-state index in [4.69, 9.17) is 16.3 Å². The molecule has 3 rings (SSSR count). The average Bonchev–Trinajstić information content (AvgIpc) is 2.71. The van der Waals surface area contributed by atoms with Crippen molar-refractivity contribution in [3.63, 3.8) is 0 Å². The third kappa shape index (κ3) is 6.43. The molecule has 172 valence electrons. The zero-order valence-electron chi connectivity index (χ0n) is 19.1. The van der Waals surface area contributed by atoms with Gasteiger partial charge in [0.15, 0.2) is 0 Å². The molecule has 1 N–H and O–H groups in total. The summed E-state index contributed by atoms with van der Waals surface area (Å²) in [5.41, 5.74) is 0.398. The lowest BCUT2D eigenvalue weighted by Gasteiger charge is -2.40. The predicted molar refractivity (Wildman–Crippen MR) is 123 cm³/mol. The number of hydrogen-bond donors (Lipinski definition) is 1. The van der Waals surface area contributed by atoms with Crippen LogP contribution in [-0.2, 0) is 9.53 Å². The van der Waals surface area contributed by atoms with E-state index in [1.165, 1.54) is 0 Å². The molecule has 0 unspecified atom stereocenters. The van der Waals surface area contributed by atoms with Crippen LogP contribution in [0.15, 0.2) is 24.3 Å². The molecule has 2 aliphatic rings. The number of rotatable bonds is 6. The van der Waals surface area contributed by atoms with Gasteiger partial charge in [0.2, 0.25) is 5.91 Å². The van der Waals surface area contributed by atoms with Crippen molar-refractivity contribution in [2.45, 2.75) is 58.8 Å². The van der Waals surface area contributed by atoms with E-state index in [2.05, 4.69) is 24.1 Å². The SMILES string of the molecule is CC(C)[C@@H](NC(=O)c1ccccc1Cl)C(=O)N1CCC(CN2C[C@@H](C)O[C@H](C)C2)CC1. The van der Waals surface area contributed by atoms with Gasteiger partial charge in [-0.25, -0.2) is 0 Å². The number of likely N-dealkylation sites (tertiary alicyclic amines) is 1. The number of ether oxygens (including phenoxy) is 1. The Morgan fingerprint density at radius 1 is 1.13 bits per heavy atom. The van der Waals surface area contributed by atoms with Gasteiger partial charge in [0.25, 0.3) is 5.91 Å². The number of piperidine rings is 1. The number of morpholine rings is 1. The zero-order valence-corrected chi connectivity index (χ0v) is 19.9. The second-order valence-corrected chi connectivity index (χ2v) is 9.83.